The molecule has 0 bridgehead atoms. The number of hydrogen-bond acceptors (Lipinski definition) is 29. The summed E-state index contributed by atoms with van der Waals surface area (Å²) in [5.74, 6) is 8.84. The van der Waals surface area contributed by atoms with Gasteiger partial charge in [0.1, 0.15) is 35.0 Å². The van der Waals surface area contributed by atoms with E-state index in [0.717, 1.165) is 147 Å². The number of nitrogens with two attached hydrogens (primary N) is 5. The Bertz CT molecular complexity index is 7200. The summed E-state index contributed by atoms with van der Waals surface area (Å²) in [4.78, 5) is 83.9. The van der Waals surface area contributed by atoms with Crippen molar-refractivity contribution in [1.82, 2.24) is 108 Å². The minimum absolute atomic E-state index is 0. The summed E-state index contributed by atoms with van der Waals surface area (Å²) in [7, 11) is 1.30. The lowest BCUT2D eigenvalue weighted by molar-refractivity contribution is -0.385. The fourth-order valence-electron chi connectivity index (χ4n) is 11.8. The highest BCUT2D eigenvalue weighted by Crippen LogP contribution is 2.22. The van der Waals surface area contributed by atoms with E-state index in [9.17, 15) is 19.1 Å². The van der Waals surface area contributed by atoms with Crippen LogP contribution >= 0.6 is 23.2 Å². The molecule has 12 N–H and O–H groups in total. The third kappa shape index (κ3) is 25.5. The van der Waals surface area contributed by atoms with Gasteiger partial charge in [-0.3, -0.25) is 55.2 Å². The van der Waals surface area contributed by atoms with E-state index in [1.807, 2.05) is 201 Å². The van der Waals surface area contributed by atoms with Gasteiger partial charge in [-0.2, -0.15) is 5.10 Å². The molecule has 3 aromatic carbocycles. The number of hydrogen-bond donors (Lipinski definition) is 7. The smallest absolute Gasteiger partial charge is 0.320 e. The fourth-order valence-corrected chi connectivity index (χ4v) is 12.7. The highest BCUT2D eigenvalue weighted by atomic mass is 35.5. The van der Waals surface area contributed by atoms with Crippen molar-refractivity contribution >= 4 is 175 Å². The van der Waals surface area contributed by atoms with Crippen molar-refractivity contribution in [2.24, 2.45) is 0 Å². The Morgan fingerprint density at radius 1 is 0.480 bits per heavy atom. The molecule has 0 aliphatic heterocycles. The number of carbonyl (C=O) groups is 1. The SMILES string of the molecule is C.C.C.C(=C\c1nc2ccc3ncccc3n2n1)/c1cnc2ccccc2n1.COC(=O)CCl.Cc1cc(C)c(S(=O)O)c(C)c1.ClCc1nc2ccc3ncccc3n2n1.N=c1ccc2ncccc2n1N.Nc1ccc(N)nc1.Nc1ccc([N+](=O)[O-])cn1.Nc1ccc2ncccc2n1.c1ccc2nc(CCc3nc4ccc5ncccc5n4n3)cnc2c1. The predicted molar refractivity (Wildman–Crippen MR) is 501 cm³/mol. The standard InChI is InChI=1S/C19H14N6.C19H12N6.C10H7ClN4.C9H12O2S.C8H8N4.C8H7N3.C5H5N3O2.C5H7N3.C3H5ClO2.3CH4/c2*1-2-5-15-14(4-1)21-12-13(22-15)7-9-18-23-19-10-8-16-17(25(19)24-18)6-3-11-20-16;11-6-9-13-10-4-3-7-8(15(10)14-9)2-1-5-12-7;1-6-4-7(2)9(12(10)11)8(3)5-6;9-8-4-3-6-7(12(8)10)2-1-5-11-6;9-8-4-3-6-7(11-8)2-1-5-10-6;6-5-2-1-4(3-7-5)8(9)10;6-4-1-2-5(7)8-3-4;1-6-3(5)2-4;;;/h1-6,8,10-12H,7,9H2;1-12H;1-5H,6H2;4-5H,1-3H3,(H,10,11);1-5,9H,10H2;1-5H,(H2,9,11);1-3H,(H2,6,7);1-3H,6H2,(H2,7,8);2H2,1H3;3*1H4/b;9-7+;;;;;;;;;;. The Labute approximate surface area is 739 Å². The molecule has 0 radical (unpaired) electrons. The highest BCUT2D eigenvalue weighted by Gasteiger charge is 2.13. The molecule has 0 amide bonds. The van der Waals surface area contributed by atoms with Crippen molar-refractivity contribution < 1.29 is 23.2 Å². The first kappa shape index (κ1) is 94.8. The lowest BCUT2D eigenvalue weighted by Gasteiger charge is -2.06. The molecule has 0 spiro atoms. The second kappa shape index (κ2) is 45.7. The van der Waals surface area contributed by atoms with E-state index in [2.05, 4.69) is 94.8 Å². The van der Waals surface area contributed by atoms with Crippen LogP contribution in [0.2, 0.25) is 0 Å². The van der Waals surface area contributed by atoms with Gasteiger partial charge in [0.25, 0.3) is 5.69 Å². The molecule has 1 unspecified atom stereocenters. The third-order valence-corrected chi connectivity index (χ3v) is 19.0. The Hall–Kier alpha value is -16.1. The number of aromatic nitrogens is 22. The Kier molecular flexibility index (Phi) is 34.1. The van der Waals surface area contributed by atoms with Crippen LogP contribution in [0.5, 0.6) is 0 Å². The molecule has 0 aliphatic carbocycles. The van der Waals surface area contributed by atoms with Crippen LogP contribution in [0.25, 0.3) is 106 Å². The van der Waals surface area contributed by atoms with Gasteiger partial charge in [-0.15, -0.1) is 33.4 Å². The van der Waals surface area contributed by atoms with Gasteiger partial charge in [0.2, 0.25) is 0 Å². The first-order valence-electron chi connectivity index (χ1n) is 37.4. The van der Waals surface area contributed by atoms with Gasteiger partial charge in [-0.1, -0.05) is 64.2 Å². The minimum Gasteiger partial charge on any atom is -0.468 e. The normalized spacial score (nSPS) is 10.7. The number of nitrogens with zero attached hydrogens (tertiary/aromatic N) is 23. The Balaban J connectivity index is 0.000000167. The quantitative estimate of drug-likeness (QED) is 0.0176. The fraction of sp³-hybridized carbons (Fsp3) is 0.124. The van der Waals surface area contributed by atoms with Crippen molar-refractivity contribution in [3.05, 3.63) is 323 Å². The number of nitrogen functional groups attached to an aromatic ring is 5. The number of esters is 1. The molecule has 646 valence electrons. The highest BCUT2D eigenvalue weighted by molar-refractivity contribution is 7.79. The molecular weight excluding hydrogens is 1670 g/mol. The van der Waals surface area contributed by atoms with Crippen LogP contribution in [0.4, 0.5) is 28.8 Å². The van der Waals surface area contributed by atoms with Crippen LogP contribution in [0, 0.1) is 36.3 Å². The van der Waals surface area contributed by atoms with E-state index >= 15 is 0 Å². The van der Waals surface area contributed by atoms with Gasteiger partial charge in [-0.05, 0) is 214 Å². The van der Waals surface area contributed by atoms with E-state index in [-0.39, 0.29) is 45.2 Å². The zero-order valence-electron chi connectivity index (χ0n) is 66.6. The molecule has 20 aromatic rings. The number of alkyl halides is 2. The number of methoxy groups -OCH3 is 1. The van der Waals surface area contributed by atoms with Crippen LogP contribution in [0.1, 0.15) is 67.8 Å². The third-order valence-electron chi connectivity index (χ3n) is 17.5. The maximum absolute atomic E-state index is 10.9. The van der Waals surface area contributed by atoms with Crippen molar-refractivity contribution in [2.75, 3.05) is 41.8 Å². The molecule has 0 fully saturated rings. The molecule has 1 atom stereocenters. The topological polar surface area (TPSA) is 511 Å². The molecule has 38 heteroatoms. The lowest BCUT2D eigenvalue weighted by Crippen LogP contribution is -2.26. The number of halogens is 2. The minimum atomic E-state index is -1.86. The predicted octanol–water partition coefficient (Wildman–Crippen LogP) is 15.2. The zero-order valence-corrected chi connectivity index (χ0v) is 69.0. The van der Waals surface area contributed by atoms with Gasteiger partial charge in [-0.25, -0.2) is 62.3 Å². The maximum Gasteiger partial charge on any atom is 0.320 e. The number of nitro groups is 1. The van der Waals surface area contributed by atoms with Gasteiger partial charge in [0.15, 0.2) is 45.5 Å². The summed E-state index contributed by atoms with van der Waals surface area (Å²) >= 11 is 8.81. The van der Waals surface area contributed by atoms with Crippen LogP contribution in [-0.4, -0.2) is 141 Å². The lowest BCUT2D eigenvalue weighted by atomic mass is 10.1. The summed E-state index contributed by atoms with van der Waals surface area (Å²) in [5.41, 5.74) is 41.5. The number of nitrogens with one attached hydrogen (secondary N) is 1. The Morgan fingerprint density at radius 2 is 0.929 bits per heavy atom. The first-order chi connectivity index (χ1) is 60.1. The summed E-state index contributed by atoms with van der Waals surface area (Å²) in [6.45, 7) is 5.68. The molecule has 17 aromatic heterocycles. The van der Waals surface area contributed by atoms with Crippen molar-refractivity contribution in [3.8, 4) is 0 Å². The van der Waals surface area contributed by atoms with E-state index < -0.39 is 22.0 Å². The maximum atomic E-state index is 10.9. The van der Waals surface area contributed by atoms with Gasteiger partial charge >= 0.3 is 5.97 Å². The average Bonchev–Trinajstić information content (AvgIpc) is 1.66. The summed E-state index contributed by atoms with van der Waals surface area (Å²) < 4.78 is 30.7. The monoisotopic (exact) mass is 1760 g/mol. The number of fused-ring (bicyclic) bond motifs is 13. The van der Waals surface area contributed by atoms with E-state index in [4.69, 9.17) is 61.9 Å². The average molecular weight is 1760 g/mol. The Morgan fingerprint density at radius 3 is 1.44 bits per heavy atom. The number of rotatable bonds is 9. The number of benzene rings is 3. The molecule has 0 saturated heterocycles. The van der Waals surface area contributed by atoms with E-state index in [0.29, 0.717) is 39.7 Å². The molecule has 0 saturated carbocycles. The van der Waals surface area contributed by atoms with Crippen molar-refractivity contribution in [1.29, 1.82) is 5.41 Å². The summed E-state index contributed by atoms with van der Waals surface area (Å²) in [6, 6.07) is 63.2. The molecular formula is C89H89Cl2N29O6S. The number of para-hydroxylation sites is 4. The molecule has 17 heterocycles. The number of carbonyl (C=O) groups excluding carboxylic acids is 1. The van der Waals surface area contributed by atoms with Gasteiger partial charge < -0.3 is 38.1 Å². The number of pyridine rings is 12. The molecule has 35 nitrogen and oxygen atoms in total. The van der Waals surface area contributed by atoms with Gasteiger partial charge in [0, 0.05) is 49.7 Å². The van der Waals surface area contributed by atoms with Crippen LogP contribution in [0.3, 0.4) is 0 Å². The van der Waals surface area contributed by atoms with Gasteiger partial charge in [0.05, 0.1) is 130 Å². The second-order valence-corrected chi connectivity index (χ2v) is 27.8. The zero-order chi connectivity index (χ0) is 87.6. The summed E-state index contributed by atoms with van der Waals surface area (Å²) in [6.07, 6.45) is 20.1. The molecule has 127 heavy (non-hydrogen) atoms. The van der Waals surface area contributed by atoms with Crippen LogP contribution in [0.15, 0.2) is 267 Å². The molecule has 0 aliphatic rings. The van der Waals surface area contributed by atoms with E-state index in [1.54, 1.807) is 82.6 Å². The number of ether oxygens (including phenoxy) is 1. The molecule has 20 rings (SSSR count). The first-order valence-corrected chi connectivity index (χ1v) is 39.6. The van der Waals surface area contributed by atoms with Crippen LogP contribution in [-0.2, 0) is 39.3 Å². The van der Waals surface area contributed by atoms with Crippen LogP contribution < -0.4 is 34.3 Å². The largest absolute Gasteiger partial charge is 0.468 e. The number of anilines is 4. The van der Waals surface area contributed by atoms with E-state index in [1.165, 1.54) is 30.1 Å². The number of aryl methyl sites for hydroxylation is 5. The second-order valence-electron chi connectivity index (χ2n) is 26.3. The van der Waals surface area contributed by atoms with Crippen molar-refractivity contribution in [3.63, 3.8) is 0 Å². The summed E-state index contributed by atoms with van der Waals surface area (Å²) in [5, 5.41) is 30.9. The van der Waals surface area contributed by atoms with Crippen molar-refractivity contribution in [2.45, 2.75) is 66.7 Å².